The van der Waals surface area contributed by atoms with Crippen LogP contribution in [0.25, 0.3) is 0 Å². The van der Waals surface area contributed by atoms with Gasteiger partial charge in [0.1, 0.15) is 6.10 Å². The van der Waals surface area contributed by atoms with Crippen LogP contribution in [-0.4, -0.2) is 104 Å². The van der Waals surface area contributed by atoms with E-state index in [1.807, 2.05) is 44.4 Å². The number of amides is 1. The molecule has 13 heteroatoms. The highest BCUT2D eigenvalue weighted by atomic mass is 35.5. The number of rotatable bonds is 10. The second kappa shape index (κ2) is 15.1. The van der Waals surface area contributed by atoms with E-state index < -0.39 is 30.1 Å². The maximum atomic E-state index is 12.6. The van der Waals surface area contributed by atoms with Crippen LogP contribution < -0.4 is 14.4 Å². The average molecular weight is 643 g/mol. The molecule has 0 aliphatic carbocycles. The number of halogens is 1. The van der Waals surface area contributed by atoms with Gasteiger partial charge in [0.15, 0.2) is 17.6 Å². The first-order valence-corrected chi connectivity index (χ1v) is 15.5. The van der Waals surface area contributed by atoms with E-state index in [2.05, 4.69) is 31.8 Å². The number of benzene rings is 1. The summed E-state index contributed by atoms with van der Waals surface area (Å²) >= 11 is 5.45. The Morgan fingerprint density at radius 3 is 2.16 bits per heavy atom. The summed E-state index contributed by atoms with van der Waals surface area (Å²) in [6.45, 7) is 8.99. The van der Waals surface area contributed by atoms with Gasteiger partial charge in [0.05, 0.1) is 32.9 Å². The number of aliphatic hydroxyl groups is 3. The number of anilines is 1. The van der Waals surface area contributed by atoms with Gasteiger partial charge in [0.25, 0.3) is 5.91 Å². The third-order valence-corrected chi connectivity index (χ3v) is 8.85. The van der Waals surface area contributed by atoms with E-state index >= 15 is 0 Å². The van der Waals surface area contributed by atoms with Crippen LogP contribution in [0.5, 0.6) is 11.5 Å². The minimum absolute atomic E-state index is 0.0619. The lowest BCUT2D eigenvalue weighted by atomic mass is 9.72. The molecule has 0 spiro atoms. The molecule has 4 heterocycles. The minimum Gasteiger partial charge on any atom is -0.493 e. The monoisotopic (exact) mass is 642 g/mol. The quantitative estimate of drug-likeness (QED) is 0.280. The van der Waals surface area contributed by atoms with Crippen molar-refractivity contribution >= 4 is 23.5 Å². The van der Waals surface area contributed by atoms with Gasteiger partial charge in [-0.05, 0) is 60.2 Å². The van der Waals surface area contributed by atoms with Crippen molar-refractivity contribution in [1.29, 1.82) is 0 Å². The molecular weight excluding hydrogens is 600 g/mol. The fraction of sp³-hybridized carbons (Fsp3) is 0.531. The molecule has 0 bridgehead atoms. The van der Waals surface area contributed by atoms with Gasteiger partial charge in [-0.2, -0.15) is 0 Å². The van der Waals surface area contributed by atoms with Gasteiger partial charge in [0.2, 0.25) is 11.2 Å². The lowest BCUT2D eigenvalue weighted by Gasteiger charge is -2.39. The molecule has 0 radical (unpaired) electrons. The molecule has 1 amide bonds. The van der Waals surface area contributed by atoms with Crippen LogP contribution in [0, 0.1) is 5.41 Å². The number of aromatic nitrogens is 4. The van der Waals surface area contributed by atoms with E-state index in [9.17, 15) is 20.1 Å². The summed E-state index contributed by atoms with van der Waals surface area (Å²) in [5.41, 5.74) is 2.46. The first kappa shape index (κ1) is 34.3. The fourth-order valence-electron chi connectivity index (χ4n) is 5.45. The third kappa shape index (κ3) is 7.99. The number of hydrogen-bond acceptors (Lipinski definition) is 11. The van der Waals surface area contributed by atoms with E-state index in [1.165, 1.54) is 4.90 Å². The van der Waals surface area contributed by atoms with Crippen molar-refractivity contribution in [3.63, 3.8) is 0 Å². The highest BCUT2D eigenvalue weighted by Gasteiger charge is 2.49. The normalized spacial score (nSPS) is 21.0. The molecule has 0 saturated carbocycles. The molecule has 1 aromatic carbocycles. The van der Waals surface area contributed by atoms with Crippen molar-refractivity contribution < 1.29 is 29.6 Å². The van der Waals surface area contributed by atoms with Crippen LogP contribution in [0.1, 0.15) is 50.3 Å². The number of carbonyl (C=O) groups is 1. The Bertz CT molecular complexity index is 1410. The van der Waals surface area contributed by atoms with Gasteiger partial charge in [-0.3, -0.25) is 4.79 Å². The van der Waals surface area contributed by atoms with Crippen LogP contribution >= 0.6 is 11.6 Å². The second-order valence-electron chi connectivity index (χ2n) is 11.7. The Morgan fingerprint density at radius 2 is 1.62 bits per heavy atom. The fourth-order valence-corrected chi connectivity index (χ4v) is 5.55. The van der Waals surface area contributed by atoms with E-state index in [0.29, 0.717) is 42.4 Å². The van der Waals surface area contributed by atoms with Crippen LogP contribution in [0.15, 0.2) is 43.0 Å². The average Bonchev–Trinajstić information content (AvgIpc) is 3.41. The predicted octanol–water partition coefficient (Wildman–Crippen LogP) is 2.67. The molecule has 2 saturated heterocycles. The Morgan fingerprint density at radius 1 is 1.02 bits per heavy atom. The van der Waals surface area contributed by atoms with Crippen molar-refractivity contribution in [2.45, 2.75) is 64.8 Å². The zero-order valence-corrected chi connectivity index (χ0v) is 27.2. The Balaban J connectivity index is 0.000000440. The van der Waals surface area contributed by atoms with E-state index in [4.69, 9.17) is 21.1 Å². The molecule has 0 unspecified atom stereocenters. The van der Waals surface area contributed by atoms with Gasteiger partial charge in [-0.1, -0.05) is 26.8 Å². The Kier molecular flexibility index (Phi) is 11.5. The molecule has 244 valence electrons. The third-order valence-electron chi connectivity index (χ3n) is 8.65. The summed E-state index contributed by atoms with van der Waals surface area (Å²) in [6.07, 6.45) is 6.76. The largest absolute Gasteiger partial charge is 0.493 e. The highest BCUT2D eigenvalue weighted by molar-refractivity contribution is 6.28. The Hall–Kier alpha value is -3.58. The lowest BCUT2D eigenvalue weighted by Crippen LogP contribution is -2.54. The molecule has 3 N–H and O–H groups in total. The van der Waals surface area contributed by atoms with Gasteiger partial charge in [-0.15, -0.1) is 0 Å². The molecule has 12 nitrogen and oxygen atoms in total. The van der Waals surface area contributed by atoms with E-state index in [1.54, 1.807) is 26.4 Å². The molecule has 2 aromatic heterocycles. The smallest absolute Gasteiger partial charge is 0.253 e. The van der Waals surface area contributed by atoms with Crippen molar-refractivity contribution in [1.82, 2.24) is 24.8 Å². The number of aliphatic hydroxyl groups excluding tert-OH is 3. The lowest BCUT2D eigenvalue weighted by molar-refractivity contribution is -0.141. The first-order valence-electron chi connectivity index (χ1n) is 15.1. The molecule has 2 aliphatic heterocycles. The number of hydrogen-bond donors (Lipinski definition) is 3. The molecule has 2 fully saturated rings. The van der Waals surface area contributed by atoms with Crippen LogP contribution in [-0.2, 0) is 17.6 Å². The molecule has 4 atom stereocenters. The van der Waals surface area contributed by atoms with Crippen molar-refractivity contribution in [3.05, 3.63) is 65.0 Å². The van der Waals surface area contributed by atoms with Crippen molar-refractivity contribution in [3.8, 4) is 11.5 Å². The van der Waals surface area contributed by atoms with E-state index in [0.717, 1.165) is 29.5 Å². The van der Waals surface area contributed by atoms with Crippen molar-refractivity contribution in [2.75, 3.05) is 44.8 Å². The zero-order chi connectivity index (χ0) is 32.7. The summed E-state index contributed by atoms with van der Waals surface area (Å²) in [4.78, 5) is 32.6. The molecule has 2 aliphatic rings. The SMILES string of the molecule is CCc1cnc(Cl)nc1.CCc1cnc(N2CC(Oc3cc([C@@H]4CN(C(=O)[C@@H](O)CO)C[C@@]4(C)[C@@H](C)O)ccc3OC)C2)nc1. The maximum absolute atomic E-state index is 12.6. The number of nitrogens with zero attached hydrogens (tertiary/aromatic N) is 6. The molecule has 5 rings (SSSR count). The summed E-state index contributed by atoms with van der Waals surface area (Å²) in [5.74, 6) is 1.13. The number of aryl methyl sites for hydroxylation is 2. The maximum Gasteiger partial charge on any atom is 0.253 e. The van der Waals surface area contributed by atoms with Gasteiger partial charge in [-0.25, -0.2) is 19.9 Å². The number of likely N-dealkylation sites (tertiary alicyclic amines) is 1. The standard InChI is InChI=1S/C26H36N4O6.C6H7ClN2/c1-5-17-9-27-25(28-10-17)29-11-19(12-29)36-23-8-18(6-7-22(23)35-4)20-13-30(24(34)21(33)14-31)15-26(20,3)16(2)32;1-2-5-3-8-6(7)9-4-5/h6-10,16,19-21,31-33H,5,11-15H2,1-4H3;3-4H,2H2,1H3/t16-,20+,21+,26+;/m1./s1. The van der Waals surface area contributed by atoms with Crippen LogP contribution in [0.2, 0.25) is 5.28 Å². The van der Waals surface area contributed by atoms with Crippen LogP contribution in [0.3, 0.4) is 0 Å². The summed E-state index contributed by atoms with van der Waals surface area (Å²) < 4.78 is 11.8. The molecular formula is C32H43ClN6O6. The molecule has 45 heavy (non-hydrogen) atoms. The Labute approximate surface area is 269 Å². The van der Waals surface area contributed by atoms with Gasteiger partial charge < -0.3 is 34.6 Å². The second-order valence-corrected chi connectivity index (χ2v) is 12.0. The van der Waals surface area contributed by atoms with Crippen LogP contribution in [0.4, 0.5) is 5.95 Å². The number of carbonyl (C=O) groups excluding carboxylic acids is 1. The highest BCUT2D eigenvalue weighted by Crippen LogP contribution is 2.47. The predicted molar refractivity (Wildman–Crippen MR) is 170 cm³/mol. The van der Waals surface area contributed by atoms with Crippen molar-refractivity contribution in [2.24, 2.45) is 5.41 Å². The zero-order valence-electron chi connectivity index (χ0n) is 26.4. The first-order chi connectivity index (χ1) is 21.5. The number of methoxy groups -OCH3 is 1. The number of ether oxygens (including phenoxy) is 2. The summed E-state index contributed by atoms with van der Waals surface area (Å²) in [7, 11) is 1.59. The van der Waals surface area contributed by atoms with Gasteiger partial charge >= 0.3 is 0 Å². The minimum atomic E-state index is -1.47. The summed E-state index contributed by atoms with van der Waals surface area (Å²) in [6, 6.07) is 5.67. The summed E-state index contributed by atoms with van der Waals surface area (Å²) in [5, 5.41) is 30.1. The van der Waals surface area contributed by atoms with E-state index in [-0.39, 0.29) is 18.6 Å². The molecule has 3 aromatic rings. The van der Waals surface area contributed by atoms with Gasteiger partial charge in [0, 0.05) is 49.2 Å². The topological polar surface area (TPSA) is 154 Å².